The molecule has 0 aromatic heterocycles. The number of hydrogen-bond acceptors (Lipinski definition) is 10. The van der Waals surface area contributed by atoms with Crippen molar-refractivity contribution in [2.75, 3.05) is 6.61 Å². The van der Waals surface area contributed by atoms with Gasteiger partial charge in [0, 0.05) is 32.7 Å². The van der Waals surface area contributed by atoms with E-state index in [9.17, 15) is 19.2 Å². The molecule has 10 nitrogen and oxygen atoms in total. The smallest absolute Gasteiger partial charge is 0.303 e. The summed E-state index contributed by atoms with van der Waals surface area (Å²) < 4.78 is 32.5. The van der Waals surface area contributed by atoms with Gasteiger partial charge in [0.05, 0.1) is 5.02 Å². The van der Waals surface area contributed by atoms with Crippen molar-refractivity contribution >= 4 is 47.1 Å². The van der Waals surface area contributed by atoms with Gasteiger partial charge in [-0.1, -0.05) is 23.2 Å². The molecule has 1 aromatic carbocycles. The first kappa shape index (κ1) is 25.7. The molecule has 0 aliphatic carbocycles. The van der Waals surface area contributed by atoms with Crippen LogP contribution < -0.4 is 4.74 Å². The minimum absolute atomic E-state index is 0.122. The third kappa shape index (κ3) is 7.25. The van der Waals surface area contributed by atoms with Gasteiger partial charge in [-0.2, -0.15) is 0 Å². The van der Waals surface area contributed by atoms with Crippen molar-refractivity contribution < 1.29 is 47.6 Å². The van der Waals surface area contributed by atoms with Crippen LogP contribution in [0.25, 0.3) is 0 Å². The molecule has 0 unspecified atom stereocenters. The first-order chi connectivity index (χ1) is 15.0. The van der Waals surface area contributed by atoms with Crippen LogP contribution in [-0.2, 0) is 42.9 Å². The van der Waals surface area contributed by atoms with Crippen LogP contribution >= 0.6 is 23.2 Å². The topological polar surface area (TPSA) is 124 Å². The number of rotatable bonds is 7. The highest BCUT2D eigenvalue weighted by atomic mass is 35.5. The van der Waals surface area contributed by atoms with E-state index in [0.29, 0.717) is 5.02 Å². The molecule has 2 rings (SSSR count). The zero-order chi connectivity index (χ0) is 24.0. The fraction of sp³-hybridized carbons (Fsp3) is 0.500. The quantitative estimate of drug-likeness (QED) is 0.413. The normalized spacial score (nSPS) is 24.8. The van der Waals surface area contributed by atoms with Gasteiger partial charge in [0.25, 0.3) is 0 Å². The van der Waals surface area contributed by atoms with Crippen molar-refractivity contribution in [2.24, 2.45) is 0 Å². The lowest BCUT2D eigenvalue weighted by Crippen LogP contribution is -2.63. The van der Waals surface area contributed by atoms with E-state index in [1.165, 1.54) is 25.1 Å². The van der Waals surface area contributed by atoms with Crippen LogP contribution in [0, 0.1) is 0 Å². The summed E-state index contributed by atoms with van der Waals surface area (Å²) in [5.41, 5.74) is 0. The van der Waals surface area contributed by atoms with Gasteiger partial charge < -0.3 is 28.4 Å². The molecule has 1 aromatic rings. The van der Waals surface area contributed by atoms with Gasteiger partial charge in [-0.05, 0) is 18.2 Å². The summed E-state index contributed by atoms with van der Waals surface area (Å²) in [6.45, 7) is 4.19. The molecule has 0 N–H and O–H groups in total. The van der Waals surface area contributed by atoms with Gasteiger partial charge in [0.15, 0.2) is 12.2 Å². The largest absolute Gasteiger partial charge is 0.463 e. The van der Waals surface area contributed by atoms with Crippen LogP contribution in [0.3, 0.4) is 0 Å². The zero-order valence-electron chi connectivity index (χ0n) is 17.7. The number of carbonyl (C=O) groups is 4. The van der Waals surface area contributed by atoms with Gasteiger partial charge in [-0.15, -0.1) is 0 Å². The SMILES string of the molecule is CC(=O)OC[C@@H]1O[C@@H](Oc2ccc(Cl)cc2Cl)[C@@H](OC(C)=O)[C@@H](OC(C)=O)[C@@H]1OC(C)=O. The molecule has 1 heterocycles. The fourth-order valence-corrected chi connectivity index (χ4v) is 3.43. The Labute approximate surface area is 193 Å². The summed E-state index contributed by atoms with van der Waals surface area (Å²) in [6.07, 6.45) is -6.49. The Morgan fingerprint density at radius 2 is 1.41 bits per heavy atom. The maximum atomic E-state index is 11.8. The number of carbonyl (C=O) groups excluding carboxylic acids is 4. The van der Waals surface area contributed by atoms with Gasteiger partial charge in [-0.3, -0.25) is 19.2 Å². The lowest BCUT2D eigenvalue weighted by molar-refractivity contribution is -0.288. The highest BCUT2D eigenvalue weighted by Crippen LogP contribution is 2.34. The number of esters is 4. The first-order valence-electron chi connectivity index (χ1n) is 9.40. The second kappa shape index (κ2) is 11.3. The molecule has 12 heteroatoms. The van der Waals surface area contributed by atoms with E-state index in [4.69, 9.17) is 51.6 Å². The third-order valence-electron chi connectivity index (χ3n) is 4.09. The van der Waals surface area contributed by atoms with E-state index in [2.05, 4.69) is 0 Å². The van der Waals surface area contributed by atoms with Gasteiger partial charge in [0.1, 0.15) is 18.5 Å². The first-order valence-corrected chi connectivity index (χ1v) is 10.2. The molecule has 0 radical (unpaired) electrons. The zero-order valence-corrected chi connectivity index (χ0v) is 19.2. The Bertz CT molecular complexity index is 874. The molecule has 1 aliphatic heterocycles. The predicted molar refractivity (Wildman–Crippen MR) is 109 cm³/mol. The molecule has 1 saturated heterocycles. The summed E-state index contributed by atoms with van der Waals surface area (Å²) in [6, 6.07) is 4.39. The monoisotopic (exact) mass is 492 g/mol. The predicted octanol–water partition coefficient (Wildman–Crippen LogP) is 2.46. The molecular formula is C20H22Cl2O10. The van der Waals surface area contributed by atoms with Crippen molar-refractivity contribution in [3.63, 3.8) is 0 Å². The number of halogens is 2. The van der Waals surface area contributed by atoms with E-state index in [-0.39, 0.29) is 17.4 Å². The minimum Gasteiger partial charge on any atom is -0.463 e. The lowest BCUT2D eigenvalue weighted by Gasteiger charge is -2.43. The van der Waals surface area contributed by atoms with Gasteiger partial charge in [0.2, 0.25) is 12.4 Å². The highest BCUT2D eigenvalue weighted by Gasteiger charge is 2.53. The standard InChI is InChI=1S/C20H22Cl2O10/c1-9(23)27-8-16-17(28-10(2)24)18(29-11(3)25)19(30-12(4)26)20(32-16)31-15-6-5-13(21)7-14(15)22/h5-7,16-20H,8H2,1-4H3/t16-,17+,18-,19-,20+/m0/s1. The molecule has 0 amide bonds. The fourth-order valence-electron chi connectivity index (χ4n) is 2.98. The second-order valence-corrected chi connectivity index (χ2v) is 7.60. The van der Waals surface area contributed by atoms with E-state index >= 15 is 0 Å². The van der Waals surface area contributed by atoms with Crippen LogP contribution in [0.2, 0.25) is 10.0 Å². The van der Waals surface area contributed by atoms with Gasteiger partial charge >= 0.3 is 23.9 Å². The van der Waals surface area contributed by atoms with E-state index in [1.807, 2.05) is 0 Å². The molecule has 1 aliphatic rings. The molecule has 5 atom stereocenters. The maximum absolute atomic E-state index is 11.8. The number of hydrogen-bond donors (Lipinski definition) is 0. The van der Waals surface area contributed by atoms with Crippen molar-refractivity contribution in [1.29, 1.82) is 0 Å². The summed E-state index contributed by atoms with van der Waals surface area (Å²) >= 11 is 12.1. The van der Waals surface area contributed by atoms with Crippen molar-refractivity contribution in [3.05, 3.63) is 28.2 Å². The summed E-state index contributed by atoms with van der Waals surface area (Å²) in [7, 11) is 0. The Hall–Kier alpha value is -2.56. The maximum Gasteiger partial charge on any atom is 0.303 e. The Morgan fingerprint density at radius 1 is 0.844 bits per heavy atom. The molecular weight excluding hydrogens is 471 g/mol. The van der Waals surface area contributed by atoms with Crippen LogP contribution in [0.4, 0.5) is 0 Å². The average molecular weight is 493 g/mol. The number of benzene rings is 1. The van der Waals surface area contributed by atoms with Crippen molar-refractivity contribution in [2.45, 2.75) is 58.4 Å². The van der Waals surface area contributed by atoms with Crippen molar-refractivity contribution in [1.82, 2.24) is 0 Å². The molecule has 1 fully saturated rings. The Balaban J connectivity index is 2.47. The van der Waals surface area contributed by atoms with Crippen LogP contribution in [0.15, 0.2) is 18.2 Å². The molecule has 176 valence electrons. The molecule has 0 bridgehead atoms. The molecule has 0 saturated carbocycles. The van der Waals surface area contributed by atoms with E-state index in [1.54, 1.807) is 0 Å². The van der Waals surface area contributed by atoms with E-state index in [0.717, 1.165) is 20.8 Å². The highest BCUT2D eigenvalue weighted by molar-refractivity contribution is 6.35. The summed E-state index contributed by atoms with van der Waals surface area (Å²) in [5, 5.41) is 0.481. The third-order valence-corrected chi connectivity index (χ3v) is 4.62. The summed E-state index contributed by atoms with van der Waals surface area (Å²) in [5.74, 6) is -2.73. The van der Waals surface area contributed by atoms with E-state index < -0.39 is 54.6 Å². The van der Waals surface area contributed by atoms with Crippen LogP contribution in [-0.4, -0.2) is 61.2 Å². The molecule has 0 spiro atoms. The van der Waals surface area contributed by atoms with Crippen LogP contribution in [0.1, 0.15) is 27.7 Å². The van der Waals surface area contributed by atoms with Crippen molar-refractivity contribution in [3.8, 4) is 5.75 Å². The lowest BCUT2D eigenvalue weighted by atomic mass is 9.98. The van der Waals surface area contributed by atoms with Crippen LogP contribution in [0.5, 0.6) is 5.75 Å². The average Bonchev–Trinajstić information content (AvgIpc) is 2.65. The minimum atomic E-state index is -1.38. The second-order valence-electron chi connectivity index (χ2n) is 6.76. The number of ether oxygens (including phenoxy) is 6. The molecule has 32 heavy (non-hydrogen) atoms. The Morgan fingerprint density at radius 3 is 1.94 bits per heavy atom. The summed E-state index contributed by atoms with van der Waals surface area (Å²) in [4.78, 5) is 46.6. The van der Waals surface area contributed by atoms with Gasteiger partial charge in [-0.25, -0.2) is 0 Å². The Kier molecular flexibility index (Phi) is 9.11.